The van der Waals surface area contributed by atoms with Crippen LogP contribution in [0.2, 0.25) is 0 Å². The zero-order valence-electron chi connectivity index (χ0n) is 18.0. The van der Waals surface area contributed by atoms with Crippen LogP contribution in [0.1, 0.15) is 49.8 Å². The number of carbonyl (C=O) groups is 3. The molecule has 0 aromatic heterocycles. The van der Waals surface area contributed by atoms with E-state index >= 15 is 0 Å². The summed E-state index contributed by atoms with van der Waals surface area (Å²) >= 11 is 0. The Bertz CT molecular complexity index is 997. The van der Waals surface area contributed by atoms with Gasteiger partial charge in [0.15, 0.2) is 0 Å². The molecule has 32 heavy (non-hydrogen) atoms. The van der Waals surface area contributed by atoms with E-state index in [2.05, 4.69) is 0 Å². The molecule has 2 N–H and O–H groups in total. The molecule has 2 aromatic carbocycles. The third-order valence-electron chi connectivity index (χ3n) is 5.38. The third-order valence-corrected chi connectivity index (χ3v) is 5.38. The van der Waals surface area contributed by atoms with Crippen LogP contribution in [-0.2, 0) is 14.4 Å². The Morgan fingerprint density at radius 2 is 1.66 bits per heavy atom. The van der Waals surface area contributed by atoms with Crippen molar-refractivity contribution in [2.75, 3.05) is 13.2 Å². The standard InChI is InChI=1S/C25H27NO6/c1-2-32-19-14-12-17(13-15-19)22-21(23(29)18-9-5-3-6-10-18)24(30)25(31)26(22)16-8-4-7-11-20(27)28/h3,5-6,9-10,12-15,22,29H,2,4,7-8,11,16H2,1H3,(H,27,28). The average molecular weight is 437 g/mol. The van der Waals surface area contributed by atoms with E-state index in [0.29, 0.717) is 42.7 Å². The van der Waals surface area contributed by atoms with Crippen molar-refractivity contribution < 1.29 is 29.3 Å². The highest BCUT2D eigenvalue weighted by molar-refractivity contribution is 6.46. The number of likely N-dealkylation sites (tertiary alicyclic amines) is 1. The van der Waals surface area contributed by atoms with Crippen molar-refractivity contribution in [2.45, 2.75) is 38.6 Å². The molecule has 1 atom stereocenters. The summed E-state index contributed by atoms with van der Waals surface area (Å²) in [6.45, 7) is 2.68. The van der Waals surface area contributed by atoms with Crippen LogP contribution in [0.15, 0.2) is 60.2 Å². The summed E-state index contributed by atoms with van der Waals surface area (Å²) in [5.41, 5.74) is 1.20. The number of aliphatic carboxylic acids is 1. The highest BCUT2D eigenvalue weighted by Gasteiger charge is 2.45. The van der Waals surface area contributed by atoms with Gasteiger partial charge in [0.25, 0.3) is 11.7 Å². The first kappa shape index (κ1) is 23.1. The summed E-state index contributed by atoms with van der Waals surface area (Å²) in [5.74, 6) is -1.79. The number of hydrogen-bond acceptors (Lipinski definition) is 5. The molecule has 1 aliphatic rings. The van der Waals surface area contributed by atoms with Crippen molar-refractivity contribution >= 4 is 23.4 Å². The topological polar surface area (TPSA) is 104 Å². The van der Waals surface area contributed by atoms with Gasteiger partial charge in [-0.2, -0.15) is 0 Å². The summed E-state index contributed by atoms with van der Waals surface area (Å²) < 4.78 is 5.49. The first-order valence-corrected chi connectivity index (χ1v) is 10.7. The number of carbonyl (C=O) groups excluding carboxylic acids is 2. The maximum atomic E-state index is 13.0. The van der Waals surface area contributed by atoms with Crippen molar-refractivity contribution in [1.29, 1.82) is 0 Å². The first-order valence-electron chi connectivity index (χ1n) is 10.7. The number of rotatable bonds is 10. The van der Waals surface area contributed by atoms with Crippen molar-refractivity contribution in [2.24, 2.45) is 0 Å². The summed E-state index contributed by atoms with van der Waals surface area (Å²) in [6.07, 6.45) is 1.73. The fourth-order valence-electron chi connectivity index (χ4n) is 3.86. The van der Waals surface area contributed by atoms with Gasteiger partial charge in [-0.25, -0.2) is 0 Å². The number of unbranched alkanes of at least 4 members (excludes halogenated alkanes) is 2. The Hall–Kier alpha value is -3.61. The van der Waals surface area contributed by atoms with Gasteiger partial charge in [-0.05, 0) is 37.5 Å². The lowest BCUT2D eigenvalue weighted by atomic mass is 9.95. The van der Waals surface area contributed by atoms with Crippen LogP contribution in [0.25, 0.3) is 5.76 Å². The van der Waals surface area contributed by atoms with Gasteiger partial charge in [-0.15, -0.1) is 0 Å². The molecule has 7 nitrogen and oxygen atoms in total. The molecular formula is C25H27NO6. The molecular weight excluding hydrogens is 410 g/mol. The monoisotopic (exact) mass is 437 g/mol. The normalized spacial score (nSPS) is 17.5. The molecule has 0 radical (unpaired) electrons. The minimum atomic E-state index is -0.859. The van der Waals surface area contributed by atoms with Gasteiger partial charge < -0.3 is 19.8 Å². The predicted molar refractivity (Wildman–Crippen MR) is 119 cm³/mol. The number of hydrogen-bond donors (Lipinski definition) is 2. The molecule has 1 aliphatic heterocycles. The van der Waals surface area contributed by atoms with Crippen LogP contribution in [-0.4, -0.2) is 45.9 Å². The minimum Gasteiger partial charge on any atom is -0.507 e. The molecule has 3 rings (SSSR count). The largest absolute Gasteiger partial charge is 0.507 e. The van der Waals surface area contributed by atoms with Crippen LogP contribution in [0.5, 0.6) is 5.75 Å². The predicted octanol–water partition coefficient (Wildman–Crippen LogP) is 4.15. The molecule has 7 heteroatoms. The van der Waals surface area contributed by atoms with Gasteiger partial charge in [0.05, 0.1) is 18.2 Å². The summed E-state index contributed by atoms with van der Waals surface area (Å²) in [4.78, 5) is 38.0. The van der Waals surface area contributed by atoms with Gasteiger partial charge in [0.1, 0.15) is 11.5 Å². The fraction of sp³-hybridized carbons (Fsp3) is 0.320. The summed E-state index contributed by atoms with van der Waals surface area (Å²) in [7, 11) is 0. The second kappa shape index (κ2) is 10.6. The second-order valence-electron chi connectivity index (χ2n) is 7.56. The number of aliphatic hydroxyl groups is 1. The minimum absolute atomic E-state index is 0.0518. The van der Waals surface area contributed by atoms with E-state index in [1.54, 1.807) is 54.6 Å². The van der Waals surface area contributed by atoms with Crippen molar-refractivity contribution in [3.63, 3.8) is 0 Å². The lowest BCUT2D eigenvalue weighted by molar-refractivity contribution is -0.140. The zero-order valence-corrected chi connectivity index (χ0v) is 18.0. The van der Waals surface area contributed by atoms with Gasteiger partial charge in [-0.1, -0.05) is 48.9 Å². The number of carboxylic acids is 1. The van der Waals surface area contributed by atoms with Gasteiger partial charge in [-0.3, -0.25) is 14.4 Å². The summed E-state index contributed by atoms with van der Waals surface area (Å²) in [6, 6.07) is 15.1. The number of ketones is 1. The van der Waals surface area contributed by atoms with E-state index in [1.165, 1.54) is 4.90 Å². The zero-order chi connectivity index (χ0) is 23.1. The maximum absolute atomic E-state index is 13.0. The van der Waals surface area contributed by atoms with E-state index in [0.717, 1.165) is 0 Å². The van der Waals surface area contributed by atoms with Crippen LogP contribution in [0.4, 0.5) is 0 Å². The van der Waals surface area contributed by atoms with Crippen molar-refractivity contribution in [3.05, 3.63) is 71.3 Å². The fourth-order valence-corrected chi connectivity index (χ4v) is 3.86. The molecule has 1 amide bonds. The number of carboxylic acid groups (broad SMARTS) is 1. The Balaban J connectivity index is 1.95. The van der Waals surface area contributed by atoms with Gasteiger partial charge >= 0.3 is 5.97 Å². The van der Waals surface area contributed by atoms with Crippen molar-refractivity contribution in [1.82, 2.24) is 4.90 Å². The van der Waals surface area contributed by atoms with Crippen LogP contribution in [0, 0.1) is 0 Å². The molecule has 0 spiro atoms. The molecule has 1 heterocycles. The van der Waals surface area contributed by atoms with E-state index in [9.17, 15) is 19.5 Å². The highest BCUT2D eigenvalue weighted by Crippen LogP contribution is 2.40. The highest BCUT2D eigenvalue weighted by atomic mass is 16.5. The van der Waals surface area contributed by atoms with Gasteiger partial charge in [0.2, 0.25) is 0 Å². The van der Waals surface area contributed by atoms with Crippen LogP contribution < -0.4 is 4.74 Å². The lowest BCUT2D eigenvalue weighted by Crippen LogP contribution is -2.30. The lowest BCUT2D eigenvalue weighted by Gasteiger charge is -2.25. The van der Waals surface area contributed by atoms with E-state index in [1.807, 2.05) is 6.92 Å². The molecule has 0 aliphatic carbocycles. The molecule has 0 saturated carbocycles. The molecule has 0 bridgehead atoms. The number of nitrogens with zero attached hydrogens (tertiary/aromatic N) is 1. The second-order valence-corrected chi connectivity index (χ2v) is 7.56. The molecule has 1 saturated heterocycles. The number of benzene rings is 2. The Morgan fingerprint density at radius 3 is 2.28 bits per heavy atom. The molecule has 168 valence electrons. The quantitative estimate of drug-likeness (QED) is 0.250. The van der Waals surface area contributed by atoms with Crippen LogP contribution >= 0.6 is 0 Å². The number of Topliss-reactive ketones (excluding diaryl/α,β-unsaturated/α-hetero) is 1. The smallest absolute Gasteiger partial charge is 0.303 e. The number of ether oxygens (including phenoxy) is 1. The summed E-state index contributed by atoms with van der Waals surface area (Å²) in [5, 5.41) is 19.8. The van der Waals surface area contributed by atoms with E-state index in [-0.39, 0.29) is 24.3 Å². The Labute approximate surface area is 186 Å². The maximum Gasteiger partial charge on any atom is 0.303 e. The Kier molecular flexibility index (Phi) is 7.65. The van der Waals surface area contributed by atoms with Gasteiger partial charge in [0, 0.05) is 18.5 Å². The third kappa shape index (κ3) is 5.17. The number of amides is 1. The van der Waals surface area contributed by atoms with E-state index in [4.69, 9.17) is 9.84 Å². The molecule has 1 unspecified atom stereocenters. The van der Waals surface area contributed by atoms with Crippen molar-refractivity contribution in [3.8, 4) is 5.75 Å². The van der Waals surface area contributed by atoms with E-state index < -0.39 is 23.7 Å². The molecule has 1 fully saturated rings. The molecule has 2 aromatic rings. The first-order chi connectivity index (χ1) is 15.4. The van der Waals surface area contributed by atoms with Crippen LogP contribution in [0.3, 0.4) is 0 Å². The SMILES string of the molecule is CCOc1ccc(C2C(=C(O)c3ccccc3)C(=O)C(=O)N2CCCCCC(=O)O)cc1. The average Bonchev–Trinajstić information content (AvgIpc) is 3.04. The number of aliphatic hydroxyl groups excluding tert-OH is 1. The Morgan fingerprint density at radius 1 is 0.969 bits per heavy atom.